The zero-order valence-electron chi connectivity index (χ0n) is 40.0. The molecule has 3 heterocycles. The fourth-order valence-electron chi connectivity index (χ4n) is 11.9. The number of benzene rings is 9. The minimum absolute atomic E-state index is 0.0564. The molecule has 0 fully saturated rings. The maximum atomic E-state index is 2.54. The molecule has 5 nitrogen and oxygen atoms in total. The lowest BCUT2D eigenvalue weighted by molar-refractivity contribution is 0.719. The highest BCUT2D eigenvalue weighted by molar-refractivity contribution is 6.12. The van der Waals surface area contributed by atoms with Crippen molar-refractivity contribution in [3.8, 4) is 11.4 Å². The van der Waals surface area contributed by atoms with Crippen LogP contribution >= 0.6 is 0 Å². The molecular formula is C67H51N5. The number of hydrogen-bond donors (Lipinski definition) is 0. The summed E-state index contributed by atoms with van der Waals surface area (Å²) in [4.78, 5) is 7.48. The lowest BCUT2D eigenvalue weighted by atomic mass is 9.89. The highest BCUT2D eigenvalue weighted by Gasteiger charge is 2.40. The third kappa shape index (κ3) is 6.84. The standard InChI is InChI=1S/C67H51N5/c1-46-19-18-28-51(41-46)69(54-35-38-65-59(43-54)57-30-15-17-32-63(57)71(65)49-24-10-4-11-25-49)55-36-40-67-61(45-55)60-44-53(34-39-66(60)72(67)50-26-12-5-13-27-50)68(47-20-6-2-7-21-47)52-33-37-64-58(42-52)56-29-14-16-31-62(56)70(64)48-22-8-3-9-23-48/h2-18,20-46,61,67H,19H2,1H3/t46-,61?,67?/m1/s1. The summed E-state index contributed by atoms with van der Waals surface area (Å²) in [5, 5.41) is 4.93. The van der Waals surface area contributed by atoms with Crippen molar-refractivity contribution in [3.63, 3.8) is 0 Å². The minimum Gasteiger partial charge on any atom is -0.333 e. The second-order valence-corrected chi connectivity index (χ2v) is 19.4. The molecule has 5 heteroatoms. The Balaban J connectivity index is 0.933. The molecule has 3 atom stereocenters. The van der Waals surface area contributed by atoms with Gasteiger partial charge in [0.25, 0.3) is 0 Å². The van der Waals surface area contributed by atoms with Crippen molar-refractivity contribution in [2.45, 2.75) is 25.3 Å². The summed E-state index contributed by atoms with van der Waals surface area (Å²) in [6.45, 7) is 2.32. The molecule has 1 aliphatic heterocycles. The van der Waals surface area contributed by atoms with Crippen molar-refractivity contribution < 1.29 is 0 Å². The van der Waals surface area contributed by atoms with Gasteiger partial charge in [-0.2, -0.15) is 0 Å². The summed E-state index contributed by atoms with van der Waals surface area (Å²) < 4.78 is 4.79. The predicted octanol–water partition coefficient (Wildman–Crippen LogP) is 17.4. The molecule has 2 aliphatic carbocycles. The molecule has 2 unspecified atom stereocenters. The molecule has 3 aliphatic rings. The monoisotopic (exact) mass is 925 g/mol. The summed E-state index contributed by atoms with van der Waals surface area (Å²) in [6.07, 6.45) is 15.5. The SMILES string of the molecule is C[C@H]1C=C(N(C2=CC3c4cc(N(c5ccccc5)c5ccc6c(c5)c5ccccc5n6-c5ccccc5)ccc4N(c4ccccc4)C3C=C2)c2ccc3c(c2)c2ccccc2n3-c2ccccc2)C=CC1. The number of aromatic nitrogens is 2. The van der Waals surface area contributed by atoms with E-state index in [4.69, 9.17) is 0 Å². The van der Waals surface area contributed by atoms with E-state index in [9.17, 15) is 0 Å². The van der Waals surface area contributed by atoms with Crippen LogP contribution in [0, 0.1) is 5.92 Å². The topological polar surface area (TPSA) is 19.6 Å². The first-order chi connectivity index (χ1) is 35.6. The first-order valence-corrected chi connectivity index (χ1v) is 25.2. The summed E-state index contributed by atoms with van der Waals surface area (Å²) in [6, 6.07) is 82.0. The number of rotatable bonds is 9. The first kappa shape index (κ1) is 41.9. The van der Waals surface area contributed by atoms with Crippen molar-refractivity contribution in [3.05, 3.63) is 278 Å². The van der Waals surface area contributed by atoms with Crippen LogP contribution in [-0.4, -0.2) is 15.2 Å². The molecule has 0 saturated carbocycles. The number of allylic oxidation sites excluding steroid dienone is 4. The summed E-state index contributed by atoms with van der Waals surface area (Å²) >= 11 is 0. The molecule has 14 rings (SSSR count). The maximum absolute atomic E-state index is 2.54. The number of hydrogen-bond acceptors (Lipinski definition) is 3. The van der Waals surface area contributed by atoms with Crippen LogP contribution in [0.15, 0.2) is 272 Å². The molecule has 0 bridgehead atoms. The zero-order valence-corrected chi connectivity index (χ0v) is 40.0. The Morgan fingerprint density at radius 1 is 0.403 bits per heavy atom. The van der Waals surface area contributed by atoms with E-state index in [2.05, 4.69) is 292 Å². The summed E-state index contributed by atoms with van der Waals surface area (Å²) in [5.74, 6) is 0.472. The van der Waals surface area contributed by atoms with E-state index in [0.717, 1.165) is 40.5 Å². The predicted molar refractivity (Wildman–Crippen MR) is 302 cm³/mol. The molecule has 0 saturated heterocycles. The van der Waals surface area contributed by atoms with Crippen molar-refractivity contribution >= 4 is 77.7 Å². The average molecular weight is 926 g/mol. The highest BCUT2D eigenvalue weighted by Crippen LogP contribution is 2.52. The van der Waals surface area contributed by atoms with E-state index in [1.54, 1.807) is 0 Å². The Kier molecular flexibility index (Phi) is 9.95. The van der Waals surface area contributed by atoms with Crippen molar-refractivity contribution in [1.82, 2.24) is 9.13 Å². The largest absolute Gasteiger partial charge is 0.333 e. The molecule has 2 aromatic heterocycles. The number of anilines is 6. The van der Waals surface area contributed by atoms with E-state index < -0.39 is 0 Å². The Hall–Kier alpha value is -9.06. The van der Waals surface area contributed by atoms with Gasteiger partial charge < -0.3 is 23.8 Å². The lowest BCUT2D eigenvalue weighted by Gasteiger charge is -2.34. The smallest absolute Gasteiger partial charge is 0.0631 e. The van der Waals surface area contributed by atoms with Crippen LogP contribution in [0.4, 0.5) is 34.1 Å². The molecule has 0 N–H and O–H groups in total. The highest BCUT2D eigenvalue weighted by atomic mass is 15.2. The second-order valence-electron chi connectivity index (χ2n) is 19.4. The molecule has 0 amide bonds. The van der Waals surface area contributed by atoms with Gasteiger partial charge in [-0.15, -0.1) is 0 Å². The Labute approximate surface area is 420 Å². The normalized spacial score (nSPS) is 17.1. The van der Waals surface area contributed by atoms with Gasteiger partial charge in [0.05, 0.1) is 28.1 Å². The van der Waals surface area contributed by atoms with Gasteiger partial charge in [0.1, 0.15) is 0 Å². The number of fused-ring (bicyclic) bond motifs is 9. The fraction of sp³-hybridized carbons (Fsp3) is 0.0746. The van der Waals surface area contributed by atoms with Crippen molar-refractivity contribution in [2.24, 2.45) is 5.92 Å². The molecular weight excluding hydrogens is 875 g/mol. The van der Waals surface area contributed by atoms with Gasteiger partial charge in [0, 0.05) is 84.4 Å². The van der Waals surface area contributed by atoms with Gasteiger partial charge in [0.2, 0.25) is 0 Å². The van der Waals surface area contributed by atoms with E-state index in [-0.39, 0.29) is 12.0 Å². The van der Waals surface area contributed by atoms with Gasteiger partial charge >= 0.3 is 0 Å². The quantitative estimate of drug-likeness (QED) is 0.144. The van der Waals surface area contributed by atoms with Crippen molar-refractivity contribution in [1.29, 1.82) is 0 Å². The van der Waals surface area contributed by atoms with Crippen LogP contribution in [0.5, 0.6) is 0 Å². The summed E-state index contributed by atoms with van der Waals surface area (Å²) in [7, 11) is 0. The van der Waals surface area contributed by atoms with Crippen LogP contribution in [-0.2, 0) is 0 Å². The number of para-hydroxylation sites is 6. The molecule has 0 spiro atoms. The first-order valence-electron chi connectivity index (χ1n) is 25.2. The second kappa shape index (κ2) is 17.1. The molecule has 9 aromatic carbocycles. The Morgan fingerprint density at radius 3 is 1.49 bits per heavy atom. The number of nitrogens with zero attached hydrogens (tertiary/aromatic N) is 5. The minimum atomic E-state index is 0.0564. The molecule has 344 valence electrons. The average Bonchev–Trinajstić information content (AvgIpc) is 4.07. The van der Waals surface area contributed by atoms with E-state index >= 15 is 0 Å². The maximum Gasteiger partial charge on any atom is 0.0631 e. The van der Waals surface area contributed by atoms with Gasteiger partial charge in [0.15, 0.2) is 0 Å². The van der Waals surface area contributed by atoms with Crippen LogP contribution in [0.1, 0.15) is 24.8 Å². The van der Waals surface area contributed by atoms with Crippen LogP contribution in [0.2, 0.25) is 0 Å². The van der Waals surface area contributed by atoms with E-state index in [0.29, 0.717) is 5.92 Å². The van der Waals surface area contributed by atoms with Crippen LogP contribution in [0.25, 0.3) is 55.0 Å². The van der Waals surface area contributed by atoms with Crippen LogP contribution < -0.4 is 14.7 Å². The fourth-order valence-corrected chi connectivity index (χ4v) is 11.9. The van der Waals surface area contributed by atoms with Gasteiger partial charge in [-0.05, 0) is 145 Å². The van der Waals surface area contributed by atoms with Gasteiger partial charge in [-0.1, -0.05) is 140 Å². The van der Waals surface area contributed by atoms with Crippen LogP contribution in [0.3, 0.4) is 0 Å². The third-order valence-corrected chi connectivity index (χ3v) is 15.0. The lowest BCUT2D eigenvalue weighted by Crippen LogP contribution is -2.31. The van der Waals surface area contributed by atoms with Crippen molar-refractivity contribution in [2.75, 3.05) is 14.7 Å². The van der Waals surface area contributed by atoms with E-state index in [1.165, 1.54) is 71.9 Å². The van der Waals surface area contributed by atoms with Gasteiger partial charge in [-0.3, -0.25) is 0 Å². The van der Waals surface area contributed by atoms with E-state index in [1.807, 2.05) is 0 Å². The Bertz CT molecular complexity index is 3990. The Morgan fingerprint density at radius 2 is 0.889 bits per heavy atom. The molecule has 11 aromatic rings. The third-order valence-electron chi connectivity index (χ3n) is 15.0. The molecule has 0 radical (unpaired) electrons. The summed E-state index contributed by atoms with van der Waals surface area (Å²) in [5.41, 5.74) is 17.6. The van der Waals surface area contributed by atoms with Gasteiger partial charge in [-0.25, -0.2) is 0 Å². The molecule has 72 heavy (non-hydrogen) atoms. The zero-order chi connectivity index (χ0) is 47.7.